The Morgan fingerprint density at radius 2 is 0.917 bits per heavy atom. The monoisotopic (exact) mass is 765 g/mol. The highest BCUT2D eigenvalue weighted by atomic mass is 16.3. The molecule has 0 N–H and O–H groups in total. The topological polar surface area (TPSA) is 18.1 Å². The molecule has 0 amide bonds. The van der Waals surface area contributed by atoms with Crippen molar-refractivity contribution in [1.29, 1.82) is 0 Å². The van der Waals surface area contributed by atoms with Crippen LogP contribution in [0.5, 0.6) is 0 Å². The standard InChI is InChI=1S/C58H39NO/c1-2-12-38(13-3-1)39-24-26-42(27-25-39)51(35-45-18-10-16-40-14-4-6-19-47(40)45)46-30-33-58-53(36-46)52-34-43(29-32-57(52)60-58)44-28-31-50-49-21-8-9-22-55(49)59(56(50)37-44)54-23-11-17-41-15-5-7-20-48(41)54/h1-34,36-37,51H,35H2. The van der Waals surface area contributed by atoms with Gasteiger partial charge < -0.3 is 8.98 Å². The summed E-state index contributed by atoms with van der Waals surface area (Å²) in [6.07, 6.45) is 0.878. The van der Waals surface area contributed by atoms with E-state index in [0.29, 0.717) is 0 Å². The van der Waals surface area contributed by atoms with Crippen LogP contribution in [0, 0.1) is 0 Å². The maximum Gasteiger partial charge on any atom is 0.135 e. The van der Waals surface area contributed by atoms with E-state index < -0.39 is 0 Å². The zero-order valence-corrected chi connectivity index (χ0v) is 32.9. The lowest BCUT2D eigenvalue weighted by Gasteiger charge is -2.20. The zero-order chi connectivity index (χ0) is 39.6. The molecule has 0 radical (unpaired) electrons. The Morgan fingerprint density at radius 1 is 0.350 bits per heavy atom. The fraction of sp³-hybridized carbons (Fsp3) is 0.0345. The molecule has 0 fully saturated rings. The molecule has 0 bridgehead atoms. The zero-order valence-electron chi connectivity index (χ0n) is 32.9. The van der Waals surface area contributed by atoms with Crippen LogP contribution in [-0.4, -0.2) is 4.57 Å². The molecular weight excluding hydrogens is 727 g/mol. The second-order valence-corrected chi connectivity index (χ2v) is 16.0. The molecular formula is C58H39NO. The van der Waals surface area contributed by atoms with Crippen LogP contribution >= 0.6 is 0 Å². The third-order valence-electron chi connectivity index (χ3n) is 12.6. The lowest BCUT2D eigenvalue weighted by atomic mass is 9.83. The van der Waals surface area contributed by atoms with Gasteiger partial charge in [0.25, 0.3) is 0 Å². The van der Waals surface area contributed by atoms with Gasteiger partial charge in [0.05, 0.1) is 16.7 Å². The Bertz CT molecular complexity index is 3560. The Labute approximate surface area is 348 Å². The second-order valence-electron chi connectivity index (χ2n) is 16.0. The molecule has 2 heterocycles. The van der Waals surface area contributed by atoms with Crippen LogP contribution in [0.3, 0.4) is 0 Å². The van der Waals surface area contributed by atoms with Crippen molar-refractivity contribution in [2.24, 2.45) is 0 Å². The van der Waals surface area contributed by atoms with Gasteiger partial charge in [0.15, 0.2) is 0 Å². The molecule has 0 aliphatic rings. The predicted octanol–water partition coefficient (Wildman–Crippen LogP) is 15.7. The minimum atomic E-state index is 0.136. The quantitative estimate of drug-likeness (QED) is 0.158. The van der Waals surface area contributed by atoms with E-state index in [1.807, 2.05) is 0 Å². The van der Waals surface area contributed by atoms with E-state index in [2.05, 4.69) is 223 Å². The number of furan rings is 1. The van der Waals surface area contributed by atoms with E-state index in [4.69, 9.17) is 4.42 Å². The van der Waals surface area contributed by atoms with Gasteiger partial charge in [0.2, 0.25) is 0 Å². The van der Waals surface area contributed by atoms with Crippen molar-refractivity contribution in [3.63, 3.8) is 0 Å². The normalized spacial score (nSPS) is 12.3. The summed E-state index contributed by atoms with van der Waals surface area (Å²) in [4.78, 5) is 0. The number of hydrogen-bond donors (Lipinski definition) is 0. The number of aromatic nitrogens is 1. The van der Waals surface area contributed by atoms with E-state index in [-0.39, 0.29) is 5.92 Å². The molecule has 10 aromatic carbocycles. The Balaban J connectivity index is 0.994. The van der Waals surface area contributed by atoms with Crippen molar-refractivity contribution in [3.05, 3.63) is 235 Å². The summed E-state index contributed by atoms with van der Waals surface area (Å²) in [7, 11) is 0. The average Bonchev–Trinajstić information content (AvgIpc) is 3.85. The van der Waals surface area contributed by atoms with E-state index in [1.54, 1.807) is 0 Å². The summed E-state index contributed by atoms with van der Waals surface area (Å²) in [6.45, 7) is 0. The maximum atomic E-state index is 6.55. The van der Waals surface area contributed by atoms with Gasteiger partial charge in [-0.25, -0.2) is 0 Å². The van der Waals surface area contributed by atoms with Crippen molar-refractivity contribution in [2.45, 2.75) is 12.3 Å². The Hall–Kier alpha value is -7.68. The first kappa shape index (κ1) is 34.4. The van der Waals surface area contributed by atoms with E-state index in [0.717, 1.165) is 33.9 Å². The number of benzene rings is 10. The molecule has 60 heavy (non-hydrogen) atoms. The highest BCUT2D eigenvalue weighted by Crippen LogP contribution is 2.40. The van der Waals surface area contributed by atoms with Gasteiger partial charge in [-0.05, 0) is 104 Å². The Kier molecular flexibility index (Phi) is 8.02. The fourth-order valence-electron chi connectivity index (χ4n) is 9.66. The minimum absolute atomic E-state index is 0.136. The highest BCUT2D eigenvalue weighted by molar-refractivity contribution is 6.12. The van der Waals surface area contributed by atoms with Crippen LogP contribution in [0.15, 0.2) is 223 Å². The van der Waals surface area contributed by atoms with Gasteiger partial charge >= 0.3 is 0 Å². The summed E-state index contributed by atoms with van der Waals surface area (Å²) in [5.74, 6) is 0.136. The SMILES string of the molecule is c1ccc(-c2ccc(C(Cc3cccc4ccccc34)c3ccc4oc5ccc(-c6ccc7c8ccccc8n(-c8cccc9ccccc89)c7c6)cc5c4c3)cc2)cc1. The first-order valence-electron chi connectivity index (χ1n) is 20.8. The summed E-state index contributed by atoms with van der Waals surface area (Å²) in [6, 6.07) is 79.8. The summed E-state index contributed by atoms with van der Waals surface area (Å²) >= 11 is 0. The molecule has 1 unspecified atom stereocenters. The van der Waals surface area contributed by atoms with Crippen molar-refractivity contribution < 1.29 is 4.42 Å². The first-order chi connectivity index (χ1) is 29.7. The second kappa shape index (κ2) is 14.0. The first-order valence-corrected chi connectivity index (χ1v) is 20.8. The maximum absolute atomic E-state index is 6.55. The van der Waals surface area contributed by atoms with Crippen LogP contribution in [0.1, 0.15) is 22.6 Å². The van der Waals surface area contributed by atoms with Crippen LogP contribution in [-0.2, 0) is 6.42 Å². The average molecular weight is 766 g/mol. The predicted molar refractivity (Wildman–Crippen MR) is 252 cm³/mol. The number of nitrogens with zero attached hydrogens (tertiary/aromatic N) is 1. The summed E-state index contributed by atoms with van der Waals surface area (Å²) < 4.78 is 8.99. The van der Waals surface area contributed by atoms with E-state index >= 15 is 0 Å². The minimum Gasteiger partial charge on any atom is -0.456 e. The van der Waals surface area contributed by atoms with Crippen molar-refractivity contribution in [3.8, 4) is 27.9 Å². The summed E-state index contributed by atoms with van der Waals surface area (Å²) in [5, 5.41) is 9.81. The molecule has 0 aliphatic carbocycles. The van der Waals surface area contributed by atoms with Crippen molar-refractivity contribution in [1.82, 2.24) is 4.57 Å². The summed E-state index contributed by atoms with van der Waals surface area (Å²) in [5.41, 5.74) is 14.1. The molecule has 1 atom stereocenters. The third-order valence-corrected chi connectivity index (χ3v) is 12.6. The molecule has 2 aromatic heterocycles. The third kappa shape index (κ3) is 5.72. The van der Waals surface area contributed by atoms with Gasteiger partial charge in [-0.1, -0.05) is 176 Å². The van der Waals surface area contributed by atoms with Crippen LogP contribution in [0.2, 0.25) is 0 Å². The number of para-hydroxylation sites is 1. The van der Waals surface area contributed by atoms with Gasteiger partial charge in [0, 0.05) is 32.8 Å². The van der Waals surface area contributed by atoms with Crippen LogP contribution in [0.4, 0.5) is 0 Å². The number of hydrogen-bond acceptors (Lipinski definition) is 1. The molecule has 282 valence electrons. The van der Waals surface area contributed by atoms with Crippen molar-refractivity contribution >= 4 is 65.3 Å². The Morgan fingerprint density at radius 3 is 1.75 bits per heavy atom. The van der Waals surface area contributed by atoms with Crippen LogP contribution in [0.25, 0.3) is 93.2 Å². The highest BCUT2D eigenvalue weighted by Gasteiger charge is 2.20. The van der Waals surface area contributed by atoms with Gasteiger partial charge in [-0.3, -0.25) is 0 Å². The molecule has 2 heteroatoms. The van der Waals surface area contributed by atoms with E-state index in [9.17, 15) is 0 Å². The number of rotatable bonds is 7. The van der Waals surface area contributed by atoms with Gasteiger partial charge in [-0.2, -0.15) is 0 Å². The molecule has 0 aliphatic heterocycles. The van der Waals surface area contributed by atoms with E-state index in [1.165, 1.54) is 82.4 Å². The van der Waals surface area contributed by atoms with Crippen molar-refractivity contribution in [2.75, 3.05) is 0 Å². The molecule has 0 spiro atoms. The lowest BCUT2D eigenvalue weighted by Crippen LogP contribution is -2.06. The van der Waals surface area contributed by atoms with Gasteiger partial charge in [0.1, 0.15) is 11.2 Å². The molecule has 2 nitrogen and oxygen atoms in total. The smallest absolute Gasteiger partial charge is 0.135 e. The fourth-order valence-corrected chi connectivity index (χ4v) is 9.66. The molecule has 0 saturated heterocycles. The van der Waals surface area contributed by atoms with Gasteiger partial charge in [-0.15, -0.1) is 0 Å². The number of fused-ring (bicyclic) bond motifs is 8. The van der Waals surface area contributed by atoms with Crippen LogP contribution < -0.4 is 0 Å². The lowest BCUT2D eigenvalue weighted by molar-refractivity contribution is 0.668. The molecule has 12 aromatic rings. The molecule has 0 saturated carbocycles. The largest absolute Gasteiger partial charge is 0.456 e. The molecule has 12 rings (SSSR count).